The summed E-state index contributed by atoms with van der Waals surface area (Å²) in [5.41, 5.74) is 1.63. The molecule has 1 heterocycles. The normalized spacial score (nSPS) is 18.0. The van der Waals surface area contributed by atoms with E-state index in [4.69, 9.17) is 18.8 Å². The van der Waals surface area contributed by atoms with Gasteiger partial charge < -0.3 is 23.9 Å². The van der Waals surface area contributed by atoms with Crippen molar-refractivity contribution in [1.29, 1.82) is 0 Å². The molecule has 0 unspecified atom stereocenters. The van der Waals surface area contributed by atoms with E-state index in [2.05, 4.69) is 48.5 Å². The quantitative estimate of drug-likeness (QED) is 0.183. The highest BCUT2D eigenvalue weighted by Crippen LogP contribution is 2.50. The molecule has 1 aliphatic rings. The number of aliphatic hydroxyl groups excluding tert-OH is 1. The van der Waals surface area contributed by atoms with Gasteiger partial charge in [0.15, 0.2) is 0 Å². The van der Waals surface area contributed by atoms with Crippen LogP contribution in [0.3, 0.4) is 0 Å². The second-order valence-corrected chi connectivity index (χ2v) is 9.82. The van der Waals surface area contributed by atoms with Crippen LogP contribution in [-0.2, 0) is 30.0 Å². The first-order valence-electron chi connectivity index (χ1n) is 13.8. The summed E-state index contributed by atoms with van der Waals surface area (Å²) in [4.78, 5) is 0. The number of methoxy groups -OCH3 is 2. The maximum atomic E-state index is 9.21. The molecule has 0 aromatic heterocycles. The Hall–Kier alpha value is -3.78. The smallest absolute Gasteiger partial charge is 0.398 e. The van der Waals surface area contributed by atoms with E-state index in [0.29, 0.717) is 0 Å². The van der Waals surface area contributed by atoms with E-state index in [0.717, 1.165) is 22.3 Å². The molecule has 1 N–H and O–H groups in total. The highest BCUT2D eigenvalue weighted by molar-refractivity contribution is 6.51. The molecule has 41 heavy (non-hydrogen) atoms. The molecular weight excluding hydrogens is 511 g/mol. The highest BCUT2D eigenvalue weighted by atomic mass is 16.7. The number of hydrogen-bond donors (Lipinski definition) is 1. The zero-order valence-electron chi connectivity index (χ0n) is 23.4. The van der Waals surface area contributed by atoms with Gasteiger partial charge in [0.2, 0.25) is 0 Å². The molecule has 1 fully saturated rings. The van der Waals surface area contributed by atoms with Crippen molar-refractivity contribution in [3.8, 4) is 0 Å². The minimum Gasteiger partial charge on any atom is -0.398 e. The Morgan fingerprint density at radius 1 is 0.610 bits per heavy atom. The Labute approximate surface area is 242 Å². The molecule has 0 aliphatic carbocycles. The first kappa shape index (κ1) is 28.7. The minimum absolute atomic E-state index is 0.0500. The third-order valence-electron chi connectivity index (χ3n) is 7.71. The van der Waals surface area contributed by atoms with Crippen LogP contribution in [0, 0.1) is 0 Å². The molecular formula is C35H35BO5. The Balaban J connectivity index is 1.78. The van der Waals surface area contributed by atoms with Gasteiger partial charge in [-0.1, -0.05) is 146 Å². The molecule has 4 aromatic carbocycles. The zero-order chi connectivity index (χ0) is 28.5. The molecule has 0 amide bonds. The van der Waals surface area contributed by atoms with Gasteiger partial charge in [0.05, 0.1) is 6.61 Å². The average Bonchev–Trinajstić information content (AvgIpc) is 3.47. The summed E-state index contributed by atoms with van der Waals surface area (Å²) in [6.45, 7) is -0.0500. The van der Waals surface area contributed by atoms with Crippen LogP contribution in [0.1, 0.15) is 22.3 Å². The second-order valence-electron chi connectivity index (χ2n) is 9.82. The van der Waals surface area contributed by atoms with Gasteiger partial charge in [0.1, 0.15) is 23.4 Å². The fourth-order valence-corrected chi connectivity index (χ4v) is 5.90. The van der Waals surface area contributed by atoms with Crippen LogP contribution in [-0.4, -0.2) is 45.3 Å². The van der Waals surface area contributed by atoms with Crippen LogP contribution in [0.2, 0.25) is 0 Å². The van der Waals surface area contributed by atoms with E-state index in [9.17, 15) is 5.11 Å². The zero-order valence-corrected chi connectivity index (χ0v) is 23.4. The van der Waals surface area contributed by atoms with Gasteiger partial charge in [-0.05, 0) is 22.3 Å². The topological polar surface area (TPSA) is 57.2 Å². The molecule has 5 rings (SSSR count). The van der Waals surface area contributed by atoms with Crippen molar-refractivity contribution in [3.63, 3.8) is 0 Å². The van der Waals surface area contributed by atoms with Crippen LogP contribution >= 0.6 is 0 Å². The van der Waals surface area contributed by atoms with Crippen molar-refractivity contribution in [2.75, 3.05) is 20.8 Å². The van der Waals surface area contributed by atoms with Crippen molar-refractivity contribution >= 4 is 7.12 Å². The molecule has 0 spiro atoms. The maximum absolute atomic E-state index is 9.21. The fraction of sp³-hybridized carbons (Fsp3) is 0.200. The molecule has 2 atom stereocenters. The van der Waals surface area contributed by atoms with E-state index in [1.165, 1.54) is 0 Å². The lowest BCUT2D eigenvalue weighted by molar-refractivity contribution is -0.136. The Bertz CT molecular complexity index is 1230. The molecule has 208 valence electrons. The summed E-state index contributed by atoms with van der Waals surface area (Å²) in [7, 11) is 2.72. The molecule has 5 nitrogen and oxygen atoms in total. The number of benzene rings is 4. The number of hydrogen-bond acceptors (Lipinski definition) is 5. The monoisotopic (exact) mass is 546 g/mol. The lowest BCUT2D eigenvalue weighted by Gasteiger charge is -2.46. The fourth-order valence-electron chi connectivity index (χ4n) is 5.90. The molecule has 1 aliphatic heterocycles. The predicted molar refractivity (Wildman–Crippen MR) is 162 cm³/mol. The molecule has 0 radical (unpaired) electrons. The van der Waals surface area contributed by atoms with E-state index < -0.39 is 30.5 Å². The first-order valence-corrected chi connectivity index (χ1v) is 13.8. The van der Waals surface area contributed by atoms with Crippen molar-refractivity contribution in [2.45, 2.75) is 23.4 Å². The molecule has 6 heteroatoms. The van der Waals surface area contributed by atoms with E-state index in [1.807, 2.05) is 84.8 Å². The van der Waals surface area contributed by atoms with E-state index in [1.54, 1.807) is 26.4 Å². The van der Waals surface area contributed by atoms with Crippen LogP contribution in [0.15, 0.2) is 146 Å². The third-order valence-corrected chi connectivity index (χ3v) is 7.71. The standard InChI is InChI=1S/C35H35BO5/c1-38-34(28-18-8-3-9-19-28,29-20-10-4-11-21-29)32-33(41-36(40-32)26-16-7-17-27-37)35(39-2,30-22-12-5-13-23-30)31-24-14-6-15-25-31/h3-26,32-33,37H,27H2,1-2H3/b17-7+,26-16+/t32-,33-/m1/s1. The largest absolute Gasteiger partial charge is 0.486 e. The van der Waals surface area contributed by atoms with Crippen molar-refractivity contribution in [1.82, 2.24) is 0 Å². The lowest BCUT2D eigenvalue weighted by atomic mass is 9.71. The molecule has 4 aromatic rings. The SMILES string of the molecule is COC(c1ccccc1)(c1ccccc1)[C@@H]1OB(/C=C/C=C/CO)O[C@H]1C(OC)(c1ccccc1)c1ccccc1. The van der Waals surface area contributed by atoms with Gasteiger partial charge in [-0.3, -0.25) is 0 Å². The first-order chi connectivity index (χ1) is 20.2. The van der Waals surface area contributed by atoms with Crippen LogP contribution in [0.4, 0.5) is 0 Å². The van der Waals surface area contributed by atoms with Crippen molar-refractivity contribution < 1.29 is 23.9 Å². The Morgan fingerprint density at radius 3 is 1.24 bits per heavy atom. The minimum atomic E-state index is -1.05. The van der Waals surface area contributed by atoms with Crippen LogP contribution in [0.25, 0.3) is 0 Å². The Kier molecular flexibility index (Phi) is 9.29. The molecule has 1 saturated heterocycles. The average molecular weight is 546 g/mol. The van der Waals surface area contributed by atoms with Gasteiger partial charge in [0, 0.05) is 14.2 Å². The van der Waals surface area contributed by atoms with Crippen molar-refractivity contribution in [2.24, 2.45) is 0 Å². The summed E-state index contributed by atoms with van der Waals surface area (Å²) in [6.07, 6.45) is 3.93. The lowest BCUT2D eigenvalue weighted by Crippen LogP contribution is -2.56. The van der Waals surface area contributed by atoms with Crippen LogP contribution in [0.5, 0.6) is 0 Å². The predicted octanol–water partition coefficient (Wildman–Crippen LogP) is 6.08. The van der Waals surface area contributed by atoms with Crippen LogP contribution < -0.4 is 0 Å². The van der Waals surface area contributed by atoms with E-state index >= 15 is 0 Å². The van der Waals surface area contributed by atoms with Gasteiger partial charge in [-0.15, -0.1) is 0 Å². The second kappa shape index (κ2) is 13.3. The maximum Gasteiger partial charge on any atom is 0.486 e. The van der Waals surface area contributed by atoms with E-state index in [-0.39, 0.29) is 6.61 Å². The summed E-state index contributed by atoms with van der Waals surface area (Å²) in [5, 5.41) is 9.21. The van der Waals surface area contributed by atoms with Gasteiger partial charge in [0.25, 0.3) is 0 Å². The third kappa shape index (κ3) is 5.45. The summed E-state index contributed by atoms with van der Waals surface area (Å²) in [5.74, 6) is 1.84. The summed E-state index contributed by atoms with van der Waals surface area (Å²) < 4.78 is 26.9. The van der Waals surface area contributed by atoms with Gasteiger partial charge in [-0.2, -0.15) is 0 Å². The summed E-state index contributed by atoms with van der Waals surface area (Å²) in [6, 6.07) is 40.5. The number of allylic oxidation sites excluding steroid dienone is 2. The number of rotatable bonds is 11. The Morgan fingerprint density at radius 2 is 0.951 bits per heavy atom. The van der Waals surface area contributed by atoms with Gasteiger partial charge >= 0.3 is 7.12 Å². The molecule has 0 saturated carbocycles. The van der Waals surface area contributed by atoms with Crippen molar-refractivity contribution in [3.05, 3.63) is 168 Å². The van der Waals surface area contributed by atoms with Gasteiger partial charge in [-0.25, -0.2) is 0 Å². The highest BCUT2D eigenvalue weighted by Gasteiger charge is 2.61. The number of ether oxygens (including phenoxy) is 2. The molecule has 0 bridgehead atoms. The summed E-state index contributed by atoms with van der Waals surface area (Å²) >= 11 is 0. The number of aliphatic hydroxyl groups is 1.